The molecule has 3 aromatic rings. The molecule has 0 saturated carbocycles. The van der Waals surface area contributed by atoms with Crippen LogP contribution in [0.15, 0.2) is 73.2 Å². The van der Waals surface area contributed by atoms with E-state index in [9.17, 15) is 0 Å². The summed E-state index contributed by atoms with van der Waals surface area (Å²) in [7, 11) is 0. The predicted molar refractivity (Wildman–Crippen MR) is 139 cm³/mol. The molecule has 6 rings (SSSR count). The third-order valence-electron chi connectivity index (χ3n) is 5.08. The average molecular weight is 468 g/mol. The number of pyridine rings is 2. The van der Waals surface area contributed by atoms with E-state index in [0.29, 0.717) is 0 Å². The van der Waals surface area contributed by atoms with E-state index in [1.165, 1.54) is 43.9 Å². The van der Waals surface area contributed by atoms with E-state index in [4.69, 9.17) is 14.2 Å². The van der Waals surface area contributed by atoms with Gasteiger partial charge in [-0.1, -0.05) is 30.3 Å². The number of nitrogens with one attached hydrogen (secondary N) is 1. The molecule has 6 nitrogen and oxygen atoms in total. The van der Waals surface area contributed by atoms with Gasteiger partial charge in [0.25, 0.3) is 0 Å². The molecule has 1 aromatic carbocycles. The number of morpholine rings is 1. The van der Waals surface area contributed by atoms with Crippen molar-refractivity contribution in [2.24, 2.45) is 0 Å². The fraction of sp³-hybridized carbons (Fsp3) is 0.500. The zero-order valence-corrected chi connectivity index (χ0v) is 20.4. The normalized spacial score (nSPS) is 17.1. The maximum atomic E-state index is 5.07. The molecular formula is C28H41N3O3. The Labute approximate surface area is 205 Å². The van der Waals surface area contributed by atoms with Gasteiger partial charge in [-0.25, -0.2) is 0 Å². The van der Waals surface area contributed by atoms with E-state index in [2.05, 4.69) is 27.4 Å². The highest BCUT2D eigenvalue weighted by molar-refractivity contribution is 5.77. The molecule has 0 spiro atoms. The second-order valence-corrected chi connectivity index (χ2v) is 7.93. The van der Waals surface area contributed by atoms with Crippen LogP contribution in [0.3, 0.4) is 0 Å². The van der Waals surface area contributed by atoms with Crippen molar-refractivity contribution in [2.75, 3.05) is 52.7 Å². The lowest BCUT2D eigenvalue weighted by molar-refractivity contribution is 0.0967. The number of fused-ring (bicyclic) bond motifs is 1. The molecule has 3 saturated heterocycles. The smallest absolute Gasteiger partial charge is 0.0701 e. The van der Waals surface area contributed by atoms with Crippen molar-refractivity contribution in [1.29, 1.82) is 0 Å². The predicted octanol–water partition coefficient (Wildman–Crippen LogP) is 5.30. The van der Waals surface area contributed by atoms with E-state index >= 15 is 0 Å². The topological polar surface area (TPSA) is 65.5 Å². The van der Waals surface area contributed by atoms with Crippen LogP contribution in [0, 0.1) is 0 Å². The molecule has 5 heterocycles. The minimum atomic E-state index is 0.889. The largest absolute Gasteiger partial charge is 0.381 e. The van der Waals surface area contributed by atoms with Crippen molar-refractivity contribution < 1.29 is 14.2 Å². The van der Waals surface area contributed by atoms with Gasteiger partial charge in [0.05, 0.1) is 18.7 Å². The fourth-order valence-electron chi connectivity index (χ4n) is 3.22. The molecule has 0 radical (unpaired) electrons. The van der Waals surface area contributed by atoms with Crippen LogP contribution in [0.1, 0.15) is 38.5 Å². The average Bonchev–Trinajstić information content (AvgIpc) is 2.98. The Balaban J connectivity index is 0.000000153. The standard InChI is InChI=1S/C9H7N.C5H5N.2C5H10O.C4H9NO/c1-2-6-9-8(4-1)5-3-7-10-9;3*1-2-4-6-5-3-1;1-3-6-4-2-5-1/h1-7H;1-5H;2*1-5H2;5H,1-4H2. The van der Waals surface area contributed by atoms with Gasteiger partial charge >= 0.3 is 0 Å². The van der Waals surface area contributed by atoms with Gasteiger partial charge in [0.1, 0.15) is 0 Å². The second kappa shape index (κ2) is 21.2. The van der Waals surface area contributed by atoms with Crippen molar-refractivity contribution in [3.8, 4) is 0 Å². The molecule has 186 valence electrons. The molecule has 2 aromatic heterocycles. The van der Waals surface area contributed by atoms with Gasteiger partial charge in [0.15, 0.2) is 0 Å². The Morgan fingerprint density at radius 2 is 1.09 bits per heavy atom. The minimum absolute atomic E-state index is 0.889. The molecule has 3 aliphatic heterocycles. The summed E-state index contributed by atoms with van der Waals surface area (Å²) in [6, 6.07) is 17.8. The lowest BCUT2D eigenvalue weighted by Gasteiger charge is -2.10. The molecule has 0 amide bonds. The summed E-state index contributed by atoms with van der Waals surface area (Å²) in [5.41, 5.74) is 1.06. The number of hydrogen-bond acceptors (Lipinski definition) is 6. The van der Waals surface area contributed by atoms with E-state index in [1.807, 2.05) is 48.7 Å². The Kier molecular flexibility index (Phi) is 17.4. The first kappa shape index (κ1) is 27.9. The monoisotopic (exact) mass is 467 g/mol. The molecule has 0 bridgehead atoms. The van der Waals surface area contributed by atoms with Gasteiger partial charge in [0.2, 0.25) is 0 Å². The van der Waals surface area contributed by atoms with Crippen LogP contribution >= 0.6 is 0 Å². The number of nitrogens with zero attached hydrogens (tertiary/aromatic N) is 2. The Hall–Kier alpha value is -2.38. The number of aromatic nitrogens is 2. The first-order chi connectivity index (χ1) is 17.0. The van der Waals surface area contributed by atoms with Crippen molar-refractivity contribution in [2.45, 2.75) is 38.5 Å². The molecule has 34 heavy (non-hydrogen) atoms. The van der Waals surface area contributed by atoms with Crippen LogP contribution in [-0.2, 0) is 14.2 Å². The van der Waals surface area contributed by atoms with Gasteiger partial charge in [-0.05, 0) is 62.8 Å². The zero-order valence-electron chi connectivity index (χ0n) is 20.4. The van der Waals surface area contributed by atoms with E-state index in [1.54, 1.807) is 12.4 Å². The molecule has 3 aliphatic rings. The van der Waals surface area contributed by atoms with E-state index in [-0.39, 0.29) is 0 Å². The van der Waals surface area contributed by atoms with Crippen LogP contribution in [0.2, 0.25) is 0 Å². The fourth-order valence-corrected chi connectivity index (χ4v) is 3.22. The third-order valence-corrected chi connectivity index (χ3v) is 5.08. The van der Waals surface area contributed by atoms with Gasteiger partial charge in [-0.2, -0.15) is 0 Å². The third kappa shape index (κ3) is 15.5. The molecule has 6 heteroatoms. The molecule has 0 unspecified atom stereocenters. The van der Waals surface area contributed by atoms with Crippen molar-refractivity contribution in [3.05, 3.63) is 73.2 Å². The van der Waals surface area contributed by atoms with E-state index < -0.39 is 0 Å². The van der Waals surface area contributed by atoms with Crippen molar-refractivity contribution >= 4 is 10.9 Å². The second-order valence-electron chi connectivity index (χ2n) is 7.93. The zero-order chi connectivity index (χ0) is 23.8. The molecule has 3 fully saturated rings. The SMILES string of the molecule is C1CCOCC1.C1CCOCC1.C1COCCN1.c1ccc2ncccc2c1.c1ccncc1. The summed E-state index contributed by atoms with van der Waals surface area (Å²) in [6.07, 6.45) is 13.2. The highest BCUT2D eigenvalue weighted by Gasteiger charge is 1.96. The summed E-state index contributed by atoms with van der Waals surface area (Å²) in [6.45, 7) is 7.83. The van der Waals surface area contributed by atoms with Crippen LogP contribution in [-0.4, -0.2) is 62.7 Å². The summed E-state index contributed by atoms with van der Waals surface area (Å²) in [5.74, 6) is 0. The Morgan fingerprint density at radius 3 is 1.44 bits per heavy atom. The number of para-hydroxylation sites is 1. The van der Waals surface area contributed by atoms with Crippen LogP contribution in [0.4, 0.5) is 0 Å². The van der Waals surface area contributed by atoms with Crippen molar-refractivity contribution in [1.82, 2.24) is 15.3 Å². The minimum Gasteiger partial charge on any atom is -0.381 e. The maximum Gasteiger partial charge on any atom is 0.0701 e. The van der Waals surface area contributed by atoms with Gasteiger partial charge < -0.3 is 19.5 Å². The van der Waals surface area contributed by atoms with Crippen LogP contribution in [0.25, 0.3) is 10.9 Å². The number of hydrogen-bond donors (Lipinski definition) is 1. The van der Waals surface area contributed by atoms with Gasteiger partial charge in [-0.3, -0.25) is 9.97 Å². The highest BCUT2D eigenvalue weighted by Crippen LogP contribution is 2.08. The van der Waals surface area contributed by atoms with Crippen molar-refractivity contribution in [3.63, 3.8) is 0 Å². The van der Waals surface area contributed by atoms with E-state index in [0.717, 1.165) is 58.2 Å². The van der Waals surface area contributed by atoms with Gasteiger partial charge in [-0.15, -0.1) is 0 Å². The lowest BCUT2D eigenvalue weighted by atomic mass is 10.2. The van der Waals surface area contributed by atoms with Crippen LogP contribution < -0.4 is 5.32 Å². The number of rotatable bonds is 0. The lowest BCUT2D eigenvalue weighted by Crippen LogP contribution is -2.30. The molecule has 1 N–H and O–H groups in total. The first-order valence-electron chi connectivity index (χ1n) is 12.6. The number of ether oxygens (including phenoxy) is 3. The van der Waals surface area contributed by atoms with Gasteiger partial charge in [0, 0.05) is 63.5 Å². The Morgan fingerprint density at radius 1 is 0.529 bits per heavy atom. The molecule has 0 atom stereocenters. The molecular weight excluding hydrogens is 426 g/mol. The quantitative estimate of drug-likeness (QED) is 0.484. The number of benzene rings is 1. The maximum absolute atomic E-state index is 5.07. The summed E-state index contributed by atoms with van der Waals surface area (Å²) in [4.78, 5) is 7.97. The first-order valence-corrected chi connectivity index (χ1v) is 12.6. The summed E-state index contributed by atoms with van der Waals surface area (Å²) >= 11 is 0. The molecule has 0 aliphatic carbocycles. The summed E-state index contributed by atoms with van der Waals surface area (Å²) in [5, 5.41) is 4.36. The van der Waals surface area contributed by atoms with Crippen LogP contribution in [0.5, 0.6) is 0 Å². The highest BCUT2D eigenvalue weighted by atomic mass is 16.5. The summed E-state index contributed by atoms with van der Waals surface area (Å²) < 4.78 is 15.1. The Bertz CT molecular complexity index is 653.